The maximum atomic E-state index is 13.1. The van der Waals surface area contributed by atoms with Gasteiger partial charge in [0.1, 0.15) is 0 Å². The van der Waals surface area contributed by atoms with Gasteiger partial charge in [0, 0.05) is 29.1 Å². The first kappa shape index (κ1) is 17.6. The largest absolute Gasteiger partial charge is 0.385 e. The number of fused-ring (bicyclic) bond motifs is 1. The average Bonchev–Trinajstić information content (AvgIpc) is 2.69. The maximum Gasteiger partial charge on any atom is 0.254 e. The van der Waals surface area contributed by atoms with Crippen LogP contribution in [-0.2, 0) is 5.60 Å². The topological polar surface area (TPSA) is 40.5 Å². The van der Waals surface area contributed by atoms with E-state index >= 15 is 0 Å². The molecule has 1 N–H and O–H groups in total. The zero-order valence-electron chi connectivity index (χ0n) is 14.8. The van der Waals surface area contributed by atoms with Gasteiger partial charge in [0.05, 0.1) is 5.60 Å². The Hall–Kier alpha value is -1.84. The summed E-state index contributed by atoms with van der Waals surface area (Å²) in [7, 11) is 0. The zero-order chi connectivity index (χ0) is 18.1. The van der Waals surface area contributed by atoms with E-state index in [1.54, 1.807) is 12.1 Å². The van der Waals surface area contributed by atoms with Crippen molar-refractivity contribution in [3.8, 4) is 0 Å². The highest BCUT2D eigenvalue weighted by molar-refractivity contribution is 6.30. The third-order valence-electron chi connectivity index (χ3n) is 6.08. The van der Waals surface area contributed by atoms with Crippen molar-refractivity contribution in [2.45, 2.75) is 43.7 Å². The molecule has 1 unspecified atom stereocenters. The fourth-order valence-electron chi connectivity index (χ4n) is 4.81. The summed E-state index contributed by atoms with van der Waals surface area (Å²) in [5.41, 5.74) is 0.760. The Morgan fingerprint density at radius 1 is 1.08 bits per heavy atom. The van der Waals surface area contributed by atoms with E-state index in [0.29, 0.717) is 23.6 Å². The first-order valence-corrected chi connectivity index (χ1v) is 9.82. The van der Waals surface area contributed by atoms with Crippen molar-refractivity contribution >= 4 is 17.5 Å². The molecular weight excluding hydrogens is 346 g/mol. The Balaban J connectivity index is 1.66. The van der Waals surface area contributed by atoms with Gasteiger partial charge in [0.15, 0.2) is 0 Å². The molecule has 2 fully saturated rings. The quantitative estimate of drug-likeness (QED) is 0.838. The van der Waals surface area contributed by atoms with Crippen LogP contribution in [0, 0.1) is 5.92 Å². The first-order valence-electron chi connectivity index (χ1n) is 9.44. The number of halogens is 1. The van der Waals surface area contributed by atoms with E-state index in [0.717, 1.165) is 31.2 Å². The molecule has 0 radical (unpaired) electrons. The van der Waals surface area contributed by atoms with Crippen LogP contribution in [0.5, 0.6) is 0 Å². The summed E-state index contributed by atoms with van der Waals surface area (Å²) in [6.45, 7) is 0.567. The van der Waals surface area contributed by atoms with Gasteiger partial charge < -0.3 is 10.0 Å². The number of rotatable bonds is 2. The third kappa shape index (κ3) is 3.04. The van der Waals surface area contributed by atoms with E-state index in [9.17, 15) is 9.90 Å². The maximum absolute atomic E-state index is 13.1. The Morgan fingerprint density at radius 2 is 1.85 bits per heavy atom. The normalized spacial score (nSPS) is 28.5. The van der Waals surface area contributed by atoms with Crippen molar-refractivity contribution in [2.75, 3.05) is 6.54 Å². The lowest BCUT2D eigenvalue weighted by Crippen LogP contribution is -2.58. The minimum atomic E-state index is -0.850. The lowest BCUT2D eigenvalue weighted by molar-refractivity contribution is -0.110. The van der Waals surface area contributed by atoms with Gasteiger partial charge in [-0.05, 0) is 43.0 Å². The second-order valence-electron chi connectivity index (χ2n) is 7.51. The Labute approximate surface area is 159 Å². The molecule has 1 amide bonds. The predicted molar refractivity (Wildman–Crippen MR) is 103 cm³/mol. The molecule has 0 bridgehead atoms. The fraction of sp³-hybridized carbons (Fsp3) is 0.409. The van der Waals surface area contributed by atoms with Crippen LogP contribution < -0.4 is 0 Å². The van der Waals surface area contributed by atoms with Crippen molar-refractivity contribution in [3.63, 3.8) is 0 Å². The molecule has 4 rings (SSSR count). The summed E-state index contributed by atoms with van der Waals surface area (Å²) in [4.78, 5) is 15.1. The molecule has 1 aliphatic heterocycles. The smallest absolute Gasteiger partial charge is 0.254 e. The molecule has 0 spiro atoms. The summed E-state index contributed by atoms with van der Waals surface area (Å²) in [6, 6.07) is 17.2. The minimum Gasteiger partial charge on any atom is -0.385 e. The van der Waals surface area contributed by atoms with Gasteiger partial charge in [-0.25, -0.2) is 0 Å². The van der Waals surface area contributed by atoms with E-state index in [4.69, 9.17) is 11.6 Å². The SMILES string of the molecule is O=C(c1cccc(Cl)c1)N1CCC(O)(c2ccccc2)[C@@H]2CCCC[C@@H]21. The number of carbonyl (C=O) groups is 1. The molecule has 1 aliphatic carbocycles. The monoisotopic (exact) mass is 369 g/mol. The van der Waals surface area contributed by atoms with Crippen LogP contribution in [0.1, 0.15) is 48.0 Å². The molecule has 1 saturated heterocycles. The van der Waals surface area contributed by atoms with Crippen LogP contribution >= 0.6 is 11.6 Å². The van der Waals surface area contributed by atoms with Crippen molar-refractivity contribution in [3.05, 3.63) is 70.7 Å². The van der Waals surface area contributed by atoms with Gasteiger partial charge in [-0.3, -0.25) is 4.79 Å². The van der Waals surface area contributed by atoms with E-state index in [1.165, 1.54) is 0 Å². The number of hydrogen-bond donors (Lipinski definition) is 1. The predicted octanol–water partition coefficient (Wildman–Crippen LogP) is 4.63. The van der Waals surface area contributed by atoms with Crippen molar-refractivity contribution < 1.29 is 9.90 Å². The lowest BCUT2D eigenvalue weighted by Gasteiger charge is -2.52. The van der Waals surface area contributed by atoms with E-state index in [1.807, 2.05) is 47.4 Å². The molecule has 3 atom stereocenters. The highest BCUT2D eigenvalue weighted by atomic mass is 35.5. The summed E-state index contributed by atoms with van der Waals surface area (Å²) in [5.74, 6) is 0.107. The number of benzene rings is 2. The average molecular weight is 370 g/mol. The van der Waals surface area contributed by atoms with Crippen molar-refractivity contribution in [1.29, 1.82) is 0 Å². The van der Waals surface area contributed by atoms with Gasteiger partial charge in [0.25, 0.3) is 5.91 Å². The van der Waals surface area contributed by atoms with Gasteiger partial charge in [0.2, 0.25) is 0 Å². The summed E-state index contributed by atoms with van der Waals surface area (Å²) in [6.07, 6.45) is 4.69. The zero-order valence-corrected chi connectivity index (χ0v) is 15.5. The molecule has 2 aliphatic rings. The van der Waals surface area contributed by atoms with Crippen LogP contribution in [0.2, 0.25) is 5.02 Å². The molecule has 3 nitrogen and oxygen atoms in total. The number of likely N-dealkylation sites (tertiary alicyclic amines) is 1. The van der Waals surface area contributed by atoms with Crippen LogP contribution in [0.25, 0.3) is 0 Å². The number of hydrogen-bond acceptors (Lipinski definition) is 2. The van der Waals surface area contributed by atoms with Gasteiger partial charge in [-0.1, -0.05) is 60.8 Å². The fourth-order valence-corrected chi connectivity index (χ4v) is 5.00. The number of piperidine rings is 1. The number of carbonyl (C=O) groups excluding carboxylic acids is 1. The third-order valence-corrected chi connectivity index (χ3v) is 6.32. The van der Waals surface area contributed by atoms with Crippen LogP contribution in [0.4, 0.5) is 0 Å². The number of amides is 1. The molecule has 2 aromatic carbocycles. The Bertz CT molecular complexity index is 794. The molecule has 4 heteroatoms. The van der Waals surface area contributed by atoms with Gasteiger partial charge >= 0.3 is 0 Å². The minimum absolute atomic E-state index is 0.0273. The van der Waals surface area contributed by atoms with Crippen LogP contribution in [-0.4, -0.2) is 28.5 Å². The number of nitrogens with zero attached hydrogens (tertiary/aromatic N) is 1. The van der Waals surface area contributed by atoms with E-state index in [-0.39, 0.29) is 17.9 Å². The summed E-state index contributed by atoms with van der Waals surface area (Å²) < 4.78 is 0. The molecular formula is C22H24ClNO2. The second kappa shape index (κ2) is 7.05. The van der Waals surface area contributed by atoms with E-state index in [2.05, 4.69) is 0 Å². The van der Waals surface area contributed by atoms with E-state index < -0.39 is 5.60 Å². The molecule has 1 saturated carbocycles. The highest BCUT2D eigenvalue weighted by Crippen LogP contribution is 2.47. The Morgan fingerprint density at radius 3 is 2.62 bits per heavy atom. The van der Waals surface area contributed by atoms with Crippen LogP contribution in [0.15, 0.2) is 54.6 Å². The second-order valence-corrected chi connectivity index (χ2v) is 7.94. The van der Waals surface area contributed by atoms with Crippen LogP contribution in [0.3, 0.4) is 0 Å². The molecule has 26 heavy (non-hydrogen) atoms. The van der Waals surface area contributed by atoms with Crippen molar-refractivity contribution in [1.82, 2.24) is 4.90 Å². The summed E-state index contributed by atoms with van der Waals surface area (Å²) in [5, 5.41) is 12.2. The number of aliphatic hydroxyl groups is 1. The Kier molecular flexibility index (Phi) is 4.76. The first-order chi connectivity index (χ1) is 12.6. The van der Waals surface area contributed by atoms with Crippen molar-refractivity contribution in [2.24, 2.45) is 5.92 Å². The molecule has 2 aromatic rings. The highest BCUT2D eigenvalue weighted by Gasteiger charge is 2.50. The standard InChI is InChI=1S/C22H24ClNO2/c23-18-10-6-7-16(15-18)21(25)24-14-13-22(26,17-8-2-1-3-9-17)19-11-4-5-12-20(19)24/h1-3,6-10,15,19-20,26H,4-5,11-14H2/t19-,20+,22?/m1/s1. The van der Waals surface area contributed by atoms with Gasteiger partial charge in [-0.2, -0.15) is 0 Å². The van der Waals surface area contributed by atoms with Gasteiger partial charge in [-0.15, -0.1) is 0 Å². The molecule has 136 valence electrons. The lowest BCUT2D eigenvalue weighted by atomic mass is 9.66. The summed E-state index contributed by atoms with van der Waals surface area (Å²) >= 11 is 6.08. The molecule has 1 heterocycles. The molecule has 0 aromatic heterocycles.